The molecule has 1 aromatic rings. The molecule has 0 aliphatic carbocycles. The van der Waals surface area contributed by atoms with Crippen molar-refractivity contribution < 1.29 is 9.64 Å². The molecule has 0 spiro atoms. The van der Waals surface area contributed by atoms with Crippen LogP contribution < -0.4 is 9.64 Å². The molecule has 94 valence electrons. The standard InChI is InChI=1S/C14H20BrNO/c1-12-3-2-8-16(11-12)9-10-17-14-6-4-13(15)5-7-14/h4-7,12H,2-3,8-11H2,1H3/p+1/t12-/m0/s1. The molecule has 0 aromatic heterocycles. The lowest BCUT2D eigenvalue weighted by molar-refractivity contribution is -0.908. The molecule has 1 unspecified atom stereocenters. The van der Waals surface area contributed by atoms with Gasteiger partial charge in [0.15, 0.2) is 0 Å². The Bertz CT molecular complexity index is 339. The second-order valence-electron chi connectivity index (χ2n) is 5.00. The molecule has 2 rings (SSSR count). The molecule has 2 atom stereocenters. The predicted octanol–water partition coefficient (Wildman–Crippen LogP) is 2.14. The third-order valence-electron chi connectivity index (χ3n) is 3.40. The van der Waals surface area contributed by atoms with E-state index in [-0.39, 0.29) is 0 Å². The lowest BCUT2D eigenvalue weighted by Gasteiger charge is -2.27. The van der Waals surface area contributed by atoms with E-state index in [9.17, 15) is 0 Å². The van der Waals surface area contributed by atoms with E-state index in [0.717, 1.165) is 29.3 Å². The first-order valence-corrected chi connectivity index (χ1v) is 7.25. The van der Waals surface area contributed by atoms with Crippen LogP contribution in [0.1, 0.15) is 19.8 Å². The molecular formula is C14H21BrNO+. The molecule has 0 bridgehead atoms. The summed E-state index contributed by atoms with van der Waals surface area (Å²) < 4.78 is 6.85. The van der Waals surface area contributed by atoms with Crippen molar-refractivity contribution in [1.29, 1.82) is 0 Å². The average molecular weight is 299 g/mol. The van der Waals surface area contributed by atoms with E-state index < -0.39 is 0 Å². The zero-order valence-electron chi connectivity index (χ0n) is 10.4. The van der Waals surface area contributed by atoms with Gasteiger partial charge in [-0.25, -0.2) is 0 Å². The molecule has 0 amide bonds. The highest BCUT2D eigenvalue weighted by Crippen LogP contribution is 2.15. The van der Waals surface area contributed by atoms with Crippen molar-refractivity contribution in [1.82, 2.24) is 0 Å². The van der Waals surface area contributed by atoms with Crippen molar-refractivity contribution in [3.63, 3.8) is 0 Å². The van der Waals surface area contributed by atoms with Crippen LogP contribution in [0.3, 0.4) is 0 Å². The first-order chi connectivity index (χ1) is 8.24. The van der Waals surface area contributed by atoms with Gasteiger partial charge in [-0.3, -0.25) is 0 Å². The lowest BCUT2D eigenvalue weighted by atomic mass is 10.0. The van der Waals surface area contributed by atoms with Gasteiger partial charge in [0.25, 0.3) is 0 Å². The van der Waals surface area contributed by atoms with Crippen LogP contribution in [-0.4, -0.2) is 26.2 Å². The number of rotatable bonds is 4. The van der Waals surface area contributed by atoms with Gasteiger partial charge in [-0.2, -0.15) is 0 Å². The van der Waals surface area contributed by atoms with Crippen LogP contribution in [0.15, 0.2) is 28.7 Å². The highest BCUT2D eigenvalue weighted by atomic mass is 79.9. The largest absolute Gasteiger partial charge is 0.488 e. The molecule has 1 fully saturated rings. The Labute approximate surface area is 112 Å². The summed E-state index contributed by atoms with van der Waals surface area (Å²) >= 11 is 3.42. The highest BCUT2D eigenvalue weighted by molar-refractivity contribution is 9.10. The van der Waals surface area contributed by atoms with Crippen molar-refractivity contribution in [3.8, 4) is 5.75 Å². The van der Waals surface area contributed by atoms with E-state index in [1.165, 1.54) is 25.9 Å². The Morgan fingerprint density at radius 1 is 1.35 bits per heavy atom. The molecule has 3 heteroatoms. The summed E-state index contributed by atoms with van der Waals surface area (Å²) in [7, 11) is 0. The minimum absolute atomic E-state index is 0.823. The van der Waals surface area contributed by atoms with E-state index in [0.29, 0.717) is 0 Å². The zero-order chi connectivity index (χ0) is 12.1. The Balaban J connectivity index is 1.70. The second kappa shape index (κ2) is 6.41. The van der Waals surface area contributed by atoms with Crippen LogP contribution in [0.5, 0.6) is 5.75 Å². The van der Waals surface area contributed by atoms with Gasteiger partial charge in [0.05, 0.1) is 13.1 Å². The fourth-order valence-corrected chi connectivity index (χ4v) is 2.73. The fourth-order valence-electron chi connectivity index (χ4n) is 2.47. The second-order valence-corrected chi connectivity index (χ2v) is 5.92. The lowest BCUT2D eigenvalue weighted by Crippen LogP contribution is -3.14. The van der Waals surface area contributed by atoms with Gasteiger partial charge in [-0.15, -0.1) is 0 Å². The summed E-state index contributed by atoms with van der Waals surface area (Å²) in [6.07, 6.45) is 2.77. The van der Waals surface area contributed by atoms with Crippen molar-refractivity contribution in [3.05, 3.63) is 28.7 Å². The Morgan fingerprint density at radius 3 is 2.82 bits per heavy atom. The zero-order valence-corrected chi connectivity index (χ0v) is 12.0. The maximum atomic E-state index is 5.76. The van der Waals surface area contributed by atoms with E-state index in [2.05, 4.69) is 22.9 Å². The highest BCUT2D eigenvalue weighted by Gasteiger charge is 2.18. The van der Waals surface area contributed by atoms with Gasteiger partial charge in [0, 0.05) is 10.4 Å². The van der Waals surface area contributed by atoms with Crippen LogP contribution in [0.4, 0.5) is 0 Å². The van der Waals surface area contributed by atoms with Gasteiger partial charge < -0.3 is 9.64 Å². The van der Waals surface area contributed by atoms with Gasteiger partial charge in [-0.1, -0.05) is 22.9 Å². The Hall–Kier alpha value is -0.540. The van der Waals surface area contributed by atoms with E-state index >= 15 is 0 Å². The molecule has 1 aromatic carbocycles. The van der Waals surface area contributed by atoms with E-state index in [1.807, 2.05) is 24.3 Å². The Morgan fingerprint density at radius 2 is 2.12 bits per heavy atom. The van der Waals surface area contributed by atoms with Crippen molar-refractivity contribution in [2.75, 3.05) is 26.2 Å². The van der Waals surface area contributed by atoms with Gasteiger partial charge in [0.1, 0.15) is 18.9 Å². The number of benzene rings is 1. The molecule has 0 saturated carbocycles. The smallest absolute Gasteiger partial charge is 0.137 e. The van der Waals surface area contributed by atoms with E-state index in [1.54, 1.807) is 4.90 Å². The molecule has 0 radical (unpaired) electrons. The molecular weight excluding hydrogens is 278 g/mol. The molecule has 1 saturated heterocycles. The van der Waals surface area contributed by atoms with Crippen molar-refractivity contribution in [2.24, 2.45) is 5.92 Å². The minimum Gasteiger partial charge on any atom is -0.488 e. The number of ether oxygens (including phenoxy) is 1. The number of likely N-dealkylation sites (tertiary alicyclic amines) is 1. The summed E-state index contributed by atoms with van der Waals surface area (Å²) in [5.74, 6) is 1.85. The van der Waals surface area contributed by atoms with Gasteiger partial charge >= 0.3 is 0 Å². The Kier molecular flexibility index (Phi) is 4.86. The third kappa shape index (κ3) is 4.32. The van der Waals surface area contributed by atoms with Gasteiger partial charge in [0.2, 0.25) is 0 Å². The van der Waals surface area contributed by atoms with Gasteiger partial charge in [-0.05, 0) is 37.1 Å². The van der Waals surface area contributed by atoms with Crippen LogP contribution in [0, 0.1) is 5.92 Å². The first kappa shape index (κ1) is 12.9. The van der Waals surface area contributed by atoms with Crippen molar-refractivity contribution >= 4 is 15.9 Å². The average Bonchev–Trinajstić information content (AvgIpc) is 2.32. The summed E-state index contributed by atoms with van der Waals surface area (Å²) in [6, 6.07) is 8.06. The summed E-state index contributed by atoms with van der Waals surface area (Å²) in [6.45, 7) is 6.93. The molecule has 1 N–H and O–H groups in total. The van der Waals surface area contributed by atoms with Crippen LogP contribution in [0.25, 0.3) is 0 Å². The van der Waals surface area contributed by atoms with Crippen LogP contribution in [0.2, 0.25) is 0 Å². The predicted molar refractivity (Wildman–Crippen MR) is 73.6 cm³/mol. The summed E-state index contributed by atoms with van der Waals surface area (Å²) in [5.41, 5.74) is 0. The number of quaternary nitrogens is 1. The van der Waals surface area contributed by atoms with Crippen LogP contribution >= 0.6 is 15.9 Å². The molecule has 17 heavy (non-hydrogen) atoms. The van der Waals surface area contributed by atoms with E-state index in [4.69, 9.17) is 4.74 Å². The SMILES string of the molecule is C[C@H]1CCC[NH+](CCOc2ccc(Br)cc2)C1. The molecule has 1 aliphatic heterocycles. The maximum absolute atomic E-state index is 5.76. The number of piperidine rings is 1. The normalized spacial score (nSPS) is 24.6. The number of nitrogens with one attached hydrogen (secondary N) is 1. The third-order valence-corrected chi connectivity index (χ3v) is 3.93. The summed E-state index contributed by atoms with van der Waals surface area (Å²) in [5, 5.41) is 0. The quantitative estimate of drug-likeness (QED) is 0.899. The molecule has 1 heterocycles. The molecule has 1 aliphatic rings. The minimum atomic E-state index is 0.823. The topological polar surface area (TPSA) is 13.7 Å². The number of hydrogen-bond acceptors (Lipinski definition) is 1. The fraction of sp³-hybridized carbons (Fsp3) is 0.571. The monoisotopic (exact) mass is 298 g/mol. The van der Waals surface area contributed by atoms with Crippen molar-refractivity contribution in [2.45, 2.75) is 19.8 Å². The number of halogens is 1. The molecule has 2 nitrogen and oxygen atoms in total. The maximum Gasteiger partial charge on any atom is 0.137 e. The number of hydrogen-bond donors (Lipinski definition) is 1. The summed E-state index contributed by atoms with van der Waals surface area (Å²) in [4.78, 5) is 1.70. The first-order valence-electron chi connectivity index (χ1n) is 6.46. The van der Waals surface area contributed by atoms with Crippen LogP contribution in [-0.2, 0) is 0 Å².